The SMILES string of the molecule is CC(C)(C)C(CCN)CCC(=O)OCc1cccc(Cl)c1. The van der Waals surface area contributed by atoms with Gasteiger partial charge >= 0.3 is 5.97 Å². The number of hydrogen-bond donors (Lipinski definition) is 1. The smallest absolute Gasteiger partial charge is 0.306 e. The highest BCUT2D eigenvalue weighted by atomic mass is 35.5. The lowest BCUT2D eigenvalue weighted by Crippen LogP contribution is -2.24. The van der Waals surface area contributed by atoms with Gasteiger partial charge < -0.3 is 10.5 Å². The zero-order valence-electron chi connectivity index (χ0n) is 13.2. The van der Waals surface area contributed by atoms with E-state index in [4.69, 9.17) is 22.1 Å². The highest BCUT2D eigenvalue weighted by Gasteiger charge is 2.24. The Morgan fingerprint density at radius 3 is 2.62 bits per heavy atom. The molecule has 3 nitrogen and oxygen atoms in total. The second kappa shape index (κ2) is 8.40. The van der Waals surface area contributed by atoms with Crippen LogP contribution < -0.4 is 5.73 Å². The van der Waals surface area contributed by atoms with Crippen LogP contribution in [0.15, 0.2) is 24.3 Å². The van der Waals surface area contributed by atoms with Crippen molar-refractivity contribution in [2.24, 2.45) is 17.1 Å². The van der Waals surface area contributed by atoms with Gasteiger partial charge in [-0.2, -0.15) is 0 Å². The van der Waals surface area contributed by atoms with Crippen molar-refractivity contribution in [3.05, 3.63) is 34.9 Å². The molecule has 0 aliphatic carbocycles. The van der Waals surface area contributed by atoms with E-state index in [0.717, 1.165) is 18.4 Å². The number of esters is 1. The number of benzene rings is 1. The molecule has 0 saturated heterocycles. The second-order valence-electron chi connectivity index (χ2n) is 6.47. The number of carbonyl (C=O) groups is 1. The van der Waals surface area contributed by atoms with E-state index in [0.29, 0.717) is 23.9 Å². The fourth-order valence-electron chi connectivity index (χ4n) is 2.37. The first-order valence-corrected chi connectivity index (χ1v) is 7.81. The van der Waals surface area contributed by atoms with Crippen molar-refractivity contribution in [3.63, 3.8) is 0 Å². The summed E-state index contributed by atoms with van der Waals surface area (Å²) in [5.74, 6) is 0.266. The largest absolute Gasteiger partial charge is 0.461 e. The Morgan fingerprint density at radius 1 is 1.33 bits per heavy atom. The fraction of sp³-hybridized carbons (Fsp3) is 0.588. The standard InChI is InChI=1S/C17H26ClNO2/c1-17(2,3)14(9-10-19)7-8-16(20)21-12-13-5-4-6-15(18)11-13/h4-6,11,14H,7-10,12,19H2,1-3H3. The topological polar surface area (TPSA) is 52.3 Å². The average Bonchev–Trinajstić information content (AvgIpc) is 2.40. The first-order chi connectivity index (χ1) is 9.82. The summed E-state index contributed by atoms with van der Waals surface area (Å²) >= 11 is 5.90. The van der Waals surface area contributed by atoms with E-state index < -0.39 is 0 Å². The maximum Gasteiger partial charge on any atom is 0.306 e. The summed E-state index contributed by atoms with van der Waals surface area (Å²) in [6, 6.07) is 7.35. The fourth-order valence-corrected chi connectivity index (χ4v) is 2.58. The summed E-state index contributed by atoms with van der Waals surface area (Å²) in [5, 5.41) is 0.652. The van der Waals surface area contributed by atoms with Gasteiger partial charge in [-0.05, 0) is 48.4 Å². The van der Waals surface area contributed by atoms with Crippen molar-refractivity contribution >= 4 is 17.6 Å². The van der Waals surface area contributed by atoms with Crippen LogP contribution in [0.5, 0.6) is 0 Å². The van der Waals surface area contributed by atoms with E-state index in [9.17, 15) is 4.79 Å². The third-order valence-electron chi connectivity index (χ3n) is 3.73. The Morgan fingerprint density at radius 2 is 2.05 bits per heavy atom. The molecule has 1 atom stereocenters. The molecule has 0 aromatic heterocycles. The van der Waals surface area contributed by atoms with E-state index in [1.54, 1.807) is 12.1 Å². The molecule has 1 rings (SSSR count). The molecule has 0 heterocycles. The lowest BCUT2D eigenvalue weighted by Gasteiger charge is -2.30. The first kappa shape index (κ1) is 18.0. The Hall–Kier alpha value is -1.06. The van der Waals surface area contributed by atoms with E-state index in [1.807, 2.05) is 12.1 Å². The molecular formula is C17H26ClNO2. The van der Waals surface area contributed by atoms with E-state index in [2.05, 4.69) is 20.8 Å². The van der Waals surface area contributed by atoms with Gasteiger partial charge in [0, 0.05) is 11.4 Å². The van der Waals surface area contributed by atoms with Crippen molar-refractivity contribution in [2.75, 3.05) is 6.54 Å². The Labute approximate surface area is 132 Å². The van der Waals surface area contributed by atoms with Gasteiger partial charge in [-0.1, -0.05) is 44.5 Å². The number of nitrogens with two attached hydrogens (primary N) is 1. The van der Waals surface area contributed by atoms with Crippen LogP contribution in [0.25, 0.3) is 0 Å². The van der Waals surface area contributed by atoms with Gasteiger partial charge in [0.25, 0.3) is 0 Å². The molecule has 118 valence electrons. The van der Waals surface area contributed by atoms with Crippen LogP contribution in [-0.4, -0.2) is 12.5 Å². The predicted octanol–water partition coefficient (Wildman–Crippen LogP) is 4.17. The summed E-state index contributed by atoms with van der Waals surface area (Å²) in [4.78, 5) is 11.9. The number of rotatable bonds is 7. The molecule has 0 amide bonds. The Kier molecular flexibility index (Phi) is 7.20. The van der Waals surface area contributed by atoms with Crippen LogP contribution in [0.3, 0.4) is 0 Å². The van der Waals surface area contributed by atoms with Crippen molar-refractivity contribution in [3.8, 4) is 0 Å². The molecule has 0 fully saturated rings. The van der Waals surface area contributed by atoms with Gasteiger partial charge in [0.05, 0.1) is 0 Å². The molecule has 1 unspecified atom stereocenters. The maximum atomic E-state index is 11.9. The minimum Gasteiger partial charge on any atom is -0.461 e. The number of carbonyl (C=O) groups excluding carboxylic acids is 1. The van der Waals surface area contributed by atoms with Crippen LogP contribution in [0, 0.1) is 11.3 Å². The van der Waals surface area contributed by atoms with Gasteiger partial charge in [0.15, 0.2) is 0 Å². The third kappa shape index (κ3) is 6.96. The molecule has 0 bridgehead atoms. The number of halogens is 1. The minimum absolute atomic E-state index is 0.159. The quantitative estimate of drug-likeness (QED) is 0.769. The summed E-state index contributed by atoms with van der Waals surface area (Å²) in [6.07, 6.45) is 2.18. The third-order valence-corrected chi connectivity index (χ3v) is 3.96. The van der Waals surface area contributed by atoms with Crippen molar-refractivity contribution in [1.29, 1.82) is 0 Å². The second-order valence-corrected chi connectivity index (χ2v) is 6.91. The zero-order chi connectivity index (χ0) is 15.9. The molecule has 2 N–H and O–H groups in total. The van der Waals surface area contributed by atoms with Crippen molar-refractivity contribution < 1.29 is 9.53 Å². The molecule has 1 aromatic rings. The van der Waals surface area contributed by atoms with Gasteiger partial charge in [0.1, 0.15) is 6.61 Å². The predicted molar refractivity (Wildman–Crippen MR) is 87.1 cm³/mol. The van der Waals surface area contributed by atoms with E-state index >= 15 is 0 Å². The van der Waals surface area contributed by atoms with Gasteiger partial charge in [-0.3, -0.25) is 4.79 Å². The van der Waals surface area contributed by atoms with E-state index in [-0.39, 0.29) is 18.0 Å². The molecule has 0 aliphatic heterocycles. The lowest BCUT2D eigenvalue weighted by molar-refractivity contribution is -0.145. The minimum atomic E-state index is -0.166. The summed E-state index contributed by atoms with van der Waals surface area (Å²) < 4.78 is 5.30. The highest BCUT2D eigenvalue weighted by Crippen LogP contribution is 2.32. The summed E-state index contributed by atoms with van der Waals surface area (Å²) in [5.41, 5.74) is 6.72. The molecule has 0 aliphatic rings. The van der Waals surface area contributed by atoms with Gasteiger partial charge in [-0.15, -0.1) is 0 Å². The molecule has 4 heteroatoms. The normalized spacial score (nSPS) is 13.0. The zero-order valence-corrected chi connectivity index (χ0v) is 14.0. The lowest BCUT2D eigenvalue weighted by atomic mass is 9.76. The van der Waals surface area contributed by atoms with Crippen LogP contribution >= 0.6 is 11.6 Å². The van der Waals surface area contributed by atoms with Crippen molar-refractivity contribution in [2.45, 2.75) is 46.6 Å². The van der Waals surface area contributed by atoms with Crippen LogP contribution in [0.2, 0.25) is 5.02 Å². The number of ether oxygens (including phenoxy) is 1. The summed E-state index contributed by atoms with van der Waals surface area (Å²) in [7, 11) is 0. The van der Waals surface area contributed by atoms with Crippen LogP contribution in [0.4, 0.5) is 0 Å². The molecule has 0 spiro atoms. The molecule has 21 heavy (non-hydrogen) atoms. The van der Waals surface area contributed by atoms with Crippen molar-refractivity contribution in [1.82, 2.24) is 0 Å². The molecular weight excluding hydrogens is 286 g/mol. The van der Waals surface area contributed by atoms with Gasteiger partial charge in [-0.25, -0.2) is 0 Å². The molecule has 0 radical (unpaired) electrons. The van der Waals surface area contributed by atoms with E-state index in [1.165, 1.54) is 0 Å². The maximum absolute atomic E-state index is 11.9. The molecule has 1 aromatic carbocycles. The Balaban J connectivity index is 2.39. The number of hydrogen-bond acceptors (Lipinski definition) is 3. The monoisotopic (exact) mass is 311 g/mol. The molecule has 0 saturated carbocycles. The Bertz CT molecular complexity index is 454. The first-order valence-electron chi connectivity index (χ1n) is 7.43. The van der Waals surface area contributed by atoms with Crippen LogP contribution in [-0.2, 0) is 16.1 Å². The average molecular weight is 312 g/mol. The highest BCUT2D eigenvalue weighted by molar-refractivity contribution is 6.30. The van der Waals surface area contributed by atoms with Crippen LogP contribution in [0.1, 0.15) is 45.6 Å². The van der Waals surface area contributed by atoms with Gasteiger partial charge in [0.2, 0.25) is 0 Å². The summed E-state index contributed by atoms with van der Waals surface area (Å²) in [6.45, 7) is 7.48.